The zero-order chi connectivity index (χ0) is 11.4. The smallest absolute Gasteiger partial charge is 0.249 e. The normalized spacial score (nSPS) is 24.6. The number of nitrogens with two attached hydrogens (primary N) is 1. The van der Waals surface area contributed by atoms with E-state index in [-0.39, 0.29) is 18.1 Å². The highest BCUT2D eigenvalue weighted by molar-refractivity contribution is 7.07. The van der Waals surface area contributed by atoms with Crippen LogP contribution in [0.15, 0.2) is 16.8 Å². The van der Waals surface area contributed by atoms with Crippen LogP contribution < -0.4 is 11.1 Å². The van der Waals surface area contributed by atoms with Gasteiger partial charge in [-0.3, -0.25) is 4.79 Å². The highest BCUT2D eigenvalue weighted by Gasteiger charge is 2.29. The lowest BCUT2D eigenvalue weighted by atomic mass is 10.2. The van der Waals surface area contributed by atoms with Gasteiger partial charge in [0.15, 0.2) is 0 Å². The van der Waals surface area contributed by atoms with Gasteiger partial charge in [0.05, 0.1) is 6.10 Å². The fourth-order valence-corrected chi connectivity index (χ4v) is 2.44. The van der Waals surface area contributed by atoms with Crippen LogP contribution in [0.3, 0.4) is 0 Å². The molecule has 0 aromatic carbocycles. The van der Waals surface area contributed by atoms with E-state index in [1.54, 1.807) is 11.3 Å². The van der Waals surface area contributed by atoms with E-state index < -0.39 is 0 Å². The standard InChI is InChI=1S/C11H16N2O2S/c12-5-9-1-2-10(15-9)11(14)13-6-8-3-4-16-7-8/h3-4,7,9-10H,1-2,5-6,12H2,(H,13,14)/t9-,10+/m1/s1. The zero-order valence-electron chi connectivity index (χ0n) is 9.02. The fraction of sp³-hybridized carbons (Fsp3) is 0.545. The van der Waals surface area contributed by atoms with Crippen LogP contribution in [-0.4, -0.2) is 24.7 Å². The molecule has 2 rings (SSSR count). The Morgan fingerprint density at radius 1 is 1.62 bits per heavy atom. The van der Waals surface area contributed by atoms with Crippen molar-refractivity contribution in [1.29, 1.82) is 0 Å². The monoisotopic (exact) mass is 240 g/mol. The summed E-state index contributed by atoms with van der Waals surface area (Å²) in [4.78, 5) is 11.7. The van der Waals surface area contributed by atoms with Crippen LogP contribution in [0.5, 0.6) is 0 Å². The van der Waals surface area contributed by atoms with Crippen molar-refractivity contribution in [2.45, 2.75) is 31.6 Å². The third kappa shape index (κ3) is 2.81. The molecule has 0 bridgehead atoms. The molecule has 1 aliphatic heterocycles. The Bertz CT molecular complexity index is 340. The summed E-state index contributed by atoms with van der Waals surface area (Å²) in [6, 6.07) is 2.00. The third-order valence-corrected chi connectivity index (χ3v) is 3.44. The lowest BCUT2D eigenvalue weighted by molar-refractivity contribution is -0.132. The summed E-state index contributed by atoms with van der Waals surface area (Å²) in [5.74, 6) is -0.0258. The number of hydrogen-bond acceptors (Lipinski definition) is 4. The molecule has 1 aliphatic rings. The third-order valence-electron chi connectivity index (χ3n) is 2.71. The highest BCUT2D eigenvalue weighted by Crippen LogP contribution is 2.19. The number of nitrogens with one attached hydrogen (secondary N) is 1. The molecule has 2 atom stereocenters. The molecule has 2 heterocycles. The second-order valence-corrected chi connectivity index (χ2v) is 4.69. The van der Waals surface area contributed by atoms with E-state index in [0.29, 0.717) is 13.1 Å². The van der Waals surface area contributed by atoms with Gasteiger partial charge in [-0.2, -0.15) is 11.3 Å². The maximum Gasteiger partial charge on any atom is 0.249 e. The number of carbonyl (C=O) groups excluding carboxylic acids is 1. The summed E-state index contributed by atoms with van der Waals surface area (Å²) in [6.45, 7) is 1.07. The van der Waals surface area contributed by atoms with Gasteiger partial charge >= 0.3 is 0 Å². The quantitative estimate of drug-likeness (QED) is 0.821. The summed E-state index contributed by atoms with van der Waals surface area (Å²) in [5, 5.41) is 6.90. The molecule has 88 valence electrons. The van der Waals surface area contributed by atoms with E-state index in [1.165, 1.54) is 0 Å². The molecule has 1 amide bonds. The van der Waals surface area contributed by atoms with Crippen LogP contribution in [0.4, 0.5) is 0 Å². The van der Waals surface area contributed by atoms with Gasteiger partial charge in [-0.1, -0.05) is 0 Å². The first-order chi connectivity index (χ1) is 7.79. The molecule has 0 radical (unpaired) electrons. The molecule has 16 heavy (non-hydrogen) atoms. The van der Waals surface area contributed by atoms with Crippen molar-refractivity contribution >= 4 is 17.2 Å². The van der Waals surface area contributed by atoms with E-state index in [1.807, 2.05) is 16.8 Å². The molecule has 5 heteroatoms. The van der Waals surface area contributed by atoms with Crippen LogP contribution in [-0.2, 0) is 16.1 Å². The van der Waals surface area contributed by atoms with Crippen LogP contribution in [0, 0.1) is 0 Å². The lowest BCUT2D eigenvalue weighted by Crippen LogP contribution is -2.35. The van der Waals surface area contributed by atoms with Gasteiger partial charge in [0.1, 0.15) is 6.10 Å². The van der Waals surface area contributed by atoms with Gasteiger partial charge in [-0.25, -0.2) is 0 Å². The summed E-state index contributed by atoms with van der Waals surface area (Å²) in [6.07, 6.45) is 1.40. The summed E-state index contributed by atoms with van der Waals surface area (Å²) < 4.78 is 5.51. The molecule has 3 N–H and O–H groups in total. The van der Waals surface area contributed by atoms with Crippen molar-refractivity contribution in [3.05, 3.63) is 22.4 Å². The average Bonchev–Trinajstić information content (AvgIpc) is 2.96. The Morgan fingerprint density at radius 2 is 2.50 bits per heavy atom. The van der Waals surface area contributed by atoms with Gasteiger partial charge in [0.2, 0.25) is 5.91 Å². The predicted octanol–water partition coefficient (Wildman–Crippen LogP) is 0.871. The Balaban J connectivity index is 1.76. The first kappa shape index (κ1) is 11.6. The SMILES string of the molecule is NC[C@H]1CC[C@@H](C(=O)NCc2ccsc2)O1. The van der Waals surface area contributed by atoms with E-state index in [2.05, 4.69) is 5.32 Å². The molecule has 0 aliphatic carbocycles. The molecular weight excluding hydrogens is 224 g/mol. The van der Waals surface area contributed by atoms with Crippen molar-refractivity contribution in [1.82, 2.24) is 5.32 Å². The summed E-state index contributed by atoms with van der Waals surface area (Å²) in [5.41, 5.74) is 6.62. The summed E-state index contributed by atoms with van der Waals surface area (Å²) >= 11 is 1.63. The second-order valence-electron chi connectivity index (χ2n) is 3.91. The highest BCUT2D eigenvalue weighted by atomic mass is 32.1. The molecule has 0 spiro atoms. The number of amides is 1. The number of carbonyl (C=O) groups is 1. The lowest BCUT2D eigenvalue weighted by Gasteiger charge is -2.12. The Morgan fingerprint density at radius 3 is 3.12 bits per heavy atom. The maximum atomic E-state index is 11.7. The van der Waals surface area contributed by atoms with Crippen LogP contribution >= 0.6 is 11.3 Å². The number of ether oxygens (including phenoxy) is 1. The van der Waals surface area contributed by atoms with Gasteiger partial charge in [-0.15, -0.1) is 0 Å². The van der Waals surface area contributed by atoms with E-state index in [9.17, 15) is 4.79 Å². The van der Waals surface area contributed by atoms with E-state index in [0.717, 1.165) is 18.4 Å². The van der Waals surface area contributed by atoms with Crippen molar-refractivity contribution in [3.63, 3.8) is 0 Å². The predicted molar refractivity (Wildman–Crippen MR) is 63.1 cm³/mol. The average molecular weight is 240 g/mol. The fourth-order valence-electron chi connectivity index (χ4n) is 1.77. The number of thiophene rings is 1. The Labute approximate surface area is 98.8 Å². The maximum absolute atomic E-state index is 11.7. The van der Waals surface area contributed by atoms with Gasteiger partial charge in [-0.05, 0) is 35.2 Å². The topological polar surface area (TPSA) is 64.4 Å². The minimum absolute atomic E-state index is 0.0258. The van der Waals surface area contributed by atoms with E-state index in [4.69, 9.17) is 10.5 Å². The number of rotatable bonds is 4. The first-order valence-corrected chi connectivity index (χ1v) is 6.38. The molecule has 0 unspecified atom stereocenters. The molecule has 1 saturated heterocycles. The molecule has 1 aromatic rings. The second kappa shape index (κ2) is 5.43. The van der Waals surface area contributed by atoms with Crippen LogP contribution in [0.25, 0.3) is 0 Å². The Hall–Kier alpha value is -0.910. The van der Waals surface area contributed by atoms with Crippen molar-refractivity contribution in [2.75, 3.05) is 6.54 Å². The van der Waals surface area contributed by atoms with Gasteiger partial charge < -0.3 is 15.8 Å². The zero-order valence-corrected chi connectivity index (χ0v) is 9.83. The van der Waals surface area contributed by atoms with Crippen molar-refractivity contribution < 1.29 is 9.53 Å². The largest absolute Gasteiger partial charge is 0.364 e. The van der Waals surface area contributed by atoms with Crippen molar-refractivity contribution in [2.24, 2.45) is 5.73 Å². The van der Waals surface area contributed by atoms with Gasteiger partial charge in [0, 0.05) is 13.1 Å². The Kier molecular flexibility index (Phi) is 3.93. The number of hydrogen-bond donors (Lipinski definition) is 2. The van der Waals surface area contributed by atoms with Crippen molar-refractivity contribution in [3.8, 4) is 0 Å². The molecule has 1 fully saturated rings. The van der Waals surface area contributed by atoms with Gasteiger partial charge in [0.25, 0.3) is 0 Å². The summed E-state index contributed by atoms with van der Waals surface area (Å²) in [7, 11) is 0. The molecular formula is C11H16N2O2S. The minimum Gasteiger partial charge on any atom is -0.364 e. The van der Waals surface area contributed by atoms with Crippen LogP contribution in [0.2, 0.25) is 0 Å². The molecule has 1 aromatic heterocycles. The van der Waals surface area contributed by atoms with Crippen LogP contribution in [0.1, 0.15) is 18.4 Å². The molecule has 0 saturated carbocycles. The first-order valence-electron chi connectivity index (χ1n) is 5.44. The minimum atomic E-state index is -0.313. The molecule has 4 nitrogen and oxygen atoms in total. The van der Waals surface area contributed by atoms with E-state index >= 15 is 0 Å².